The third-order valence-electron chi connectivity index (χ3n) is 5.86. The molecule has 0 aliphatic heterocycles. The van der Waals surface area contributed by atoms with Crippen molar-refractivity contribution in [2.24, 2.45) is 0 Å². The Balaban J connectivity index is 1.42. The number of ether oxygens (including phenoxy) is 1. The van der Waals surface area contributed by atoms with Gasteiger partial charge < -0.3 is 14.5 Å². The molecule has 1 N–H and O–H groups in total. The van der Waals surface area contributed by atoms with Gasteiger partial charge in [-0.25, -0.2) is 4.98 Å². The zero-order chi connectivity index (χ0) is 23.5. The highest BCUT2D eigenvalue weighted by Gasteiger charge is 2.24. The van der Waals surface area contributed by atoms with Crippen molar-refractivity contribution in [1.29, 1.82) is 5.26 Å². The molecule has 1 aliphatic rings. The number of aromatic nitrogens is 3. The molecule has 1 aliphatic carbocycles. The van der Waals surface area contributed by atoms with E-state index in [0.717, 1.165) is 40.4 Å². The molecule has 0 amide bonds. The van der Waals surface area contributed by atoms with Gasteiger partial charge in [-0.2, -0.15) is 5.26 Å². The largest absolute Gasteiger partial charge is 0.490 e. The molecule has 7 nitrogen and oxygen atoms in total. The molecule has 172 valence electrons. The van der Waals surface area contributed by atoms with Crippen LogP contribution >= 0.6 is 11.3 Å². The first-order valence-electron chi connectivity index (χ1n) is 11.4. The van der Waals surface area contributed by atoms with E-state index in [1.165, 1.54) is 11.1 Å². The Bertz CT molecular complexity index is 1320. The van der Waals surface area contributed by atoms with Gasteiger partial charge in [0.15, 0.2) is 0 Å². The molecule has 5 rings (SSSR count). The molecular formula is C26H25N5O2S. The molecule has 4 aromatic rings. The highest BCUT2D eigenvalue weighted by Crippen LogP contribution is 2.39. The minimum atomic E-state index is 0.00370. The predicted octanol–water partition coefficient (Wildman–Crippen LogP) is 5.69. The molecule has 1 unspecified atom stereocenters. The molecule has 0 bridgehead atoms. The number of oxazole rings is 1. The second-order valence-electron chi connectivity index (χ2n) is 8.53. The summed E-state index contributed by atoms with van der Waals surface area (Å²) in [5.41, 5.74) is 5.12. The summed E-state index contributed by atoms with van der Waals surface area (Å²) in [6, 6.07) is 14.5. The van der Waals surface area contributed by atoms with Gasteiger partial charge in [0.05, 0.1) is 24.4 Å². The summed E-state index contributed by atoms with van der Waals surface area (Å²) in [6.07, 6.45) is 6.45. The maximum absolute atomic E-state index is 9.57. The van der Waals surface area contributed by atoms with Crippen molar-refractivity contribution in [2.75, 3.05) is 0 Å². The fourth-order valence-corrected chi connectivity index (χ4v) is 5.26. The van der Waals surface area contributed by atoms with Gasteiger partial charge in [0, 0.05) is 17.2 Å². The Labute approximate surface area is 202 Å². The Kier molecular flexibility index (Phi) is 6.39. The second-order valence-corrected chi connectivity index (χ2v) is 9.50. The standard InChI is InChI=1S/C26H25N5O2S/c1-16(2)33-23-10-9-17(13-18(23)14-27)25-30-31-26(34-25)21-7-3-6-20-19(21)5-4-8-22(20)29-15-24-28-11-12-32-24/h3,6-7,9-13,16,22,29H,4-5,8,15H2,1-2H3. The van der Waals surface area contributed by atoms with Gasteiger partial charge in [0.1, 0.15) is 28.1 Å². The monoisotopic (exact) mass is 471 g/mol. The number of hydrogen-bond acceptors (Lipinski definition) is 8. The van der Waals surface area contributed by atoms with Crippen LogP contribution in [0.15, 0.2) is 53.3 Å². The SMILES string of the molecule is CC(C)Oc1ccc(-c2nnc(-c3cccc4c3CCCC4NCc3ncco3)s2)cc1C#N. The number of nitrogens with zero attached hydrogens (tertiary/aromatic N) is 4. The zero-order valence-electron chi connectivity index (χ0n) is 19.1. The van der Waals surface area contributed by atoms with Gasteiger partial charge >= 0.3 is 0 Å². The lowest BCUT2D eigenvalue weighted by Crippen LogP contribution is -2.25. The molecule has 8 heteroatoms. The topological polar surface area (TPSA) is 96.9 Å². The van der Waals surface area contributed by atoms with Crippen molar-refractivity contribution in [3.05, 3.63) is 71.4 Å². The van der Waals surface area contributed by atoms with Crippen LogP contribution in [0.3, 0.4) is 0 Å². The second kappa shape index (κ2) is 9.75. The number of hydrogen-bond donors (Lipinski definition) is 1. The molecule has 0 saturated carbocycles. The van der Waals surface area contributed by atoms with Gasteiger partial charge in [-0.1, -0.05) is 29.5 Å². The minimum absolute atomic E-state index is 0.00370. The molecule has 2 heterocycles. The summed E-state index contributed by atoms with van der Waals surface area (Å²) in [4.78, 5) is 4.21. The Morgan fingerprint density at radius 1 is 1.24 bits per heavy atom. The summed E-state index contributed by atoms with van der Waals surface area (Å²) in [6.45, 7) is 4.49. The van der Waals surface area contributed by atoms with Crippen LogP contribution in [0.5, 0.6) is 5.75 Å². The fraction of sp³-hybridized carbons (Fsp3) is 0.308. The van der Waals surface area contributed by atoms with Crippen molar-refractivity contribution >= 4 is 11.3 Å². The van der Waals surface area contributed by atoms with Crippen LogP contribution in [0, 0.1) is 11.3 Å². The van der Waals surface area contributed by atoms with Crippen LogP contribution in [-0.4, -0.2) is 21.3 Å². The maximum atomic E-state index is 9.57. The summed E-state index contributed by atoms with van der Waals surface area (Å²) in [5, 5.41) is 23.8. The Hall–Kier alpha value is -3.54. The molecular weight excluding hydrogens is 446 g/mol. The van der Waals surface area contributed by atoms with E-state index >= 15 is 0 Å². The lowest BCUT2D eigenvalue weighted by molar-refractivity contribution is 0.242. The molecule has 34 heavy (non-hydrogen) atoms. The number of nitriles is 1. The third kappa shape index (κ3) is 4.58. The van der Waals surface area contributed by atoms with Gasteiger partial charge in [0.2, 0.25) is 5.89 Å². The lowest BCUT2D eigenvalue weighted by atomic mass is 9.85. The first-order valence-corrected chi connectivity index (χ1v) is 12.2. The Morgan fingerprint density at radius 3 is 2.91 bits per heavy atom. The summed E-state index contributed by atoms with van der Waals surface area (Å²) >= 11 is 1.55. The molecule has 2 aromatic heterocycles. The fourth-order valence-electron chi connectivity index (χ4n) is 4.37. The molecule has 1 atom stereocenters. The van der Waals surface area contributed by atoms with Crippen LogP contribution in [0.2, 0.25) is 0 Å². The zero-order valence-corrected chi connectivity index (χ0v) is 19.9. The van der Waals surface area contributed by atoms with E-state index in [0.29, 0.717) is 23.7 Å². The highest BCUT2D eigenvalue weighted by atomic mass is 32.1. The normalized spacial score (nSPS) is 15.2. The van der Waals surface area contributed by atoms with E-state index in [1.807, 2.05) is 32.0 Å². The van der Waals surface area contributed by atoms with Gasteiger partial charge in [-0.05, 0) is 62.4 Å². The van der Waals surface area contributed by atoms with Crippen LogP contribution in [0.25, 0.3) is 21.1 Å². The van der Waals surface area contributed by atoms with Crippen molar-refractivity contribution in [1.82, 2.24) is 20.5 Å². The van der Waals surface area contributed by atoms with Crippen LogP contribution in [0.4, 0.5) is 0 Å². The summed E-state index contributed by atoms with van der Waals surface area (Å²) in [7, 11) is 0. The van der Waals surface area contributed by atoms with E-state index in [-0.39, 0.29) is 12.1 Å². The molecule has 0 saturated heterocycles. The molecule has 0 fully saturated rings. The van der Waals surface area contributed by atoms with E-state index in [4.69, 9.17) is 9.15 Å². The predicted molar refractivity (Wildman–Crippen MR) is 130 cm³/mol. The van der Waals surface area contributed by atoms with Crippen LogP contribution < -0.4 is 10.1 Å². The van der Waals surface area contributed by atoms with Gasteiger partial charge in [0.25, 0.3) is 0 Å². The summed E-state index contributed by atoms with van der Waals surface area (Å²) in [5.74, 6) is 1.28. The highest BCUT2D eigenvalue weighted by molar-refractivity contribution is 7.17. The maximum Gasteiger partial charge on any atom is 0.207 e. The van der Waals surface area contributed by atoms with Crippen molar-refractivity contribution in [3.63, 3.8) is 0 Å². The minimum Gasteiger partial charge on any atom is -0.490 e. The Morgan fingerprint density at radius 2 is 2.12 bits per heavy atom. The third-order valence-corrected chi connectivity index (χ3v) is 6.86. The number of rotatable bonds is 7. The average Bonchev–Trinajstić information content (AvgIpc) is 3.55. The van der Waals surface area contributed by atoms with Crippen LogP contribution in [0.1, 0.15) is 55.3 Å². The smallest absolute Gasteiger partial charge is 0.207 e. The first kappa shape index (κ1) is 22.3. The van der Waals surface area contributed by atoms with E-state index in [2.05, 4.69) is 44.8 Å². The lowest BCUT2D eigenvalue weighted by Gasteiger charge is -2.27. The van der Waals surface area contributed by atoms with Crippen molar-refractivity contribution in [3.8, 4) is 33.0 Å². The number of fused-ring (bicyclic) bond motifs is 1. The molecule has 0 spiro atoms. The van der Waals surface area contributed by atoms with Crippen LogP contribution in [-0.2, 0) is 13.0 Å². The summed E-state index contributed by atoms with van der Waals surface area (Å²) < 4.78 is 11.1. The molecule has 2 aromatic carbocycles. The van der Waals surface area contributed by atoms with E-state index < -0.39 is 0 Å². The van der Waals surface area contributed by atoms with Crippen molar-refractivity contribution in [2.45, 2.75) is 51.8 Å². The number of nitrogens with one attached hydrogen (secondary N) is 1. The van der Waals surface area contributed by atoms with Crippen molar-refractivity contribution < 1.29 is 9.15 Å². The van der Waals surface area contributed by atoms with Gasteiger partial charge in [-0.15, -0.1) is 10.2 Å². The first-order chi connectivity index (χ1) is 16.6. The van der Waals surface area contributed by atoms with Gasteiger partial charge in [-0.3, -0.25) is 0 Å². The molecule has 0 radical (unpaired) electrons. The van der Waals surface area contributed by atoms with E-state index in [9.17, 15) is 5.26 Å². The average molecular weight is 472 g/mol. The quantitative estimate of drug-likeness (QED) is 0.370. The van der Waals surface area contributed by atoms with E-state index in [1.54, 1.807) is 23.8 Å². The number of benzene rings is 2.